The molecule has 0 spiro atoms. The van der Waals surface area contributed by atoms with Crippen LogP contribution in [0.5, 0.6) is 0 Å². The monoisotopic (exact) mass is 816 g/mol. The summed E-state index contributed by atoms with van der Waals surface area (Å²) in [4.78, 5) is 4.69. The molecule has 11 rings (SSSR count). The maximum atomic E-state index is 2.35. The average Bonchev–Trinajstić information content (AvgIpc) is 3.36. The Morgan fingerprint density at radius 2 is 0.391 bits per heavy atom. The topological polar surface area (TPSA) is 6.48 Å². The molecular weight excluding hydrogens is 773 g/mol. The largest absolute Gasteiger partial charge is 0.310 e. The first-order valence-electron chi connectivity index (χ1n) is 21.9. The van der Waals surface area contributed by atoms with Crippen molar-refractivity contribution in [3.8, 4) is 0 Å². The maximum Gasteiger partial charge on any atom is 0.0468 e. The first kappa shape index (κ1) is 38.5. The SMILES string of the molecule is C(=Cc1ccc(N(c2ccc3ccccc3c2)c2ccc3ccccc3c2)cc1)c1ccc(C=Cc2ccc(N(c3ccc4ccccc4c3)c3ccc4ccccc4c3)cc2)cc1. The van der Waals surface area contributed by atoms with Gasteiger partial charge in [-0.05, 0) is 138 Å². The van der Waals surface area contributed by atoms with Gasteiger partial charge in [-0.25, -0.2) is 0 Å². The summed E-state index contributed by atoms with van der Waals surface area (Å²) in [6.45, 7) is 0. The van der Waals surface area contributed by atoms with Crippen LogP contribution in [0.25, 0.3) is 67.4 Å². The molecule has 0 aliphatic heterocycles. The zero-order chi connectivity index (χ0) is 42.7. The minimum atomic E-state index is 1.11. The highest BCUT2D eigenvalue weighted by molar-refractivity contribution is 5.94. The molecule has 11 aromatic carbocycles. The van der Waals surface area contributed by atoms with E-state index in [1.807, 2.05) is 0 Å². The van der Waals surface area contributed by atoms with E-state index in [2.05, 4.69) is 277 Å². The second-order valence-corrected chi connectivity index (χ2v) is 16.3. The summed E-state index contributed by atoms with van der Waals surface area (Å²) in [6.07, 6.45) is 8.74. The zero-order valence-electron chi connectivity index (χ0n) is 35.3. The molecule has 0 heterocycles. The van der Waals surface area contributed by atoms with Crippen LogP contribution >= 0.6 is 0 Å². The predicted molar refractivity (Wildman–Crippen MR) is 277 cm³/mol. The third kappa shape index (κ3) is 8.04. The molecule has 0 N–H and O–H groups in total. The predicted octanol–water partition coefficient (Wildman–Crippen LogP) is 17.6. The van der Waals surface area contributed by atoms with Crippen LogP contribution < -0.4 is 9.80 Å². The van der Waals surface area contributed by atoms with Gasteiger partial charge in [-0.2, -0.15) is 0 Å². The molecule has 0 atom stereocenters. The van der Waals surface area contributed by atoms with Crippen molar-refractivity contribution in [2.75, 3.05) is 9.80 Å². The van der Waals surface area contributed by atoms with E-state index in [0.29, 0.717) is 0 Å². The third-order valence-corrected chi connectivity index (χ3v) is 12.1. The van der Waals surface area contributed by atoms with Crippen molar-refractivity contribution in [1.82, 2.24) is 0 Å². The molecular formula is C62H44N2. The van der Waals surface area contributed by atoms with E-state index in [1.165, 1.54) is 43.1 Å². The lowest BCUT2D eigenvalue weighted by Gasteiger charge is -2.26. The van der Waals surface area contributed by atoms with E-state index in [4.69, 9.17) is 0 Å². The van der Waals surface area contributed by atoms with Crippen LogP contribution in [-0.4, -0.2) is 0 Å². The van der Waals surface area contributed by atoms with Crippen LogP contribution in [0.15, 0.2) is 243 Å². The fraction of sp³-hybridized carbons (Fsp3) is 0. The Hall–Kier alpha value is -8.46. The molecule has 0 bridgehead atoms. The zero-order valence-corrected chi connectivity index (χ0v) is 35.3. The first-order valence-corrected chi connectivity index (χ1v) is 21.9. The molecule has 2 nitrogen and oxygen atoms in total. The molecule has 0 aliphatic carbocycles. The first-order chi connectivity index (χ1) is 31.7. The van der Waals surface area contributed by atoms with E-state index < -0.39 is 0 Å². The molecule has 0 saturated heterocycles. The van der Waals surface area contributed by atoms with Crippen molar-refractivity contribution < 1.29 is 0 Å². The van der Waals surface area contributed by atoms with Crippen LogP contribution in [0.1, 0.15) is 22.3 Å². The van der Waals surface area contributed by atoms with E-state index in [-0.39, 0.29) is 0 Å². The van der Waals surface area contributed by atoms with Crippen molar-refractivity contribution in [3.05, 3.63) is 265 Å². The maximum absolute atomic E-state index is 2.35. The van der Waals surface area contributed by atoms with Gasteiger partial charge in [0.2, 0.25) is 0 Å². The van der Waals surface area contributed by atoms with E-state index in [9.17, 15) is 0 Å². The summed E-state index contributed by atoms with van der Waals surface area (Å²) in [5.41, 5.74) is 11.3. The van der Waals surface area contributed by atoms with Crippen molar-refractivity contribution in [3.63, 3.8) is 0 Å². The van der Waals surface area contributed by atoms with Gasteiger partial charge in [0.05, 0.1) is 0 Å². The lowest BCUT2D eigenvalue weighted by Crippen LogP contribution is -2.09. The minimum Gasteiger partial charge on any atom is -0.310 e. The second-order valence-electron chi connectivity index (χ2n) is 16.3. The Labute approximate surface area is 374 Å². The smallest absolute Gasteiger partial charge is 0.0468 e. The van der Waals surface area contributed by atoms with Gasteiger partial charge in [0.25, 0.3) is 0 Å². The highest BCUT2D eigenvalue weighted by Crippen LogP contribution is 2.39. The van der Waals surface area contributed by atoms with Gasteiger partial charge >= 0.3 is 0 Å². The van der Waals surface area contributed by atoms with Gasteiger partial charge in [-0.3, -0.25) is 0 Å². The molecule has 0 saturated carbocycles. The summed E-state index contributed by atoms with van der Waals surface area (Å²) in [5, 5.41) is 9.82. The van der Waals surface area contributed by atoms with Crippen molar-refractivity contribution in [2.45, 2.75) is 0 Å². The lowest BCUT2D eigenvalue weighted by atomic mass is 10.1. The van der Waals surface area contributed by atoms with Crippen molar-refractivity contribution >= 4 is 102 Å². The molecule has 0 aromatic heterocycles. The number of nitrogens with zero attached hydrogens (tertiary/aromatic N) is 2. The number of hydrogen-bond donors (Lipinski definition) is 0. The van der Waals surface area contributed by atoms with Gasteiger partial charge < -0.3 is 9.80 Å². The fourth-order valence-electron chi connectivity index (χ4n) is 8.73. The van der Waals surface area contributed by atoms with Crippen LogP contribution in [0.2, 0.25) is 0 Å². The quantitative estimate of drug-likeness (QED) is 0.127. The number of rotatable bonds is 10. The summed E-state index contributed by atoms with van der Waals surface area (Å²) in [5.74, 6) is 0. The van der Waals surface area contributed by atoms with Gasteiger partial charge in [-0.15, -0.1) is 0 Å². The number of benzene rings is 11. The van der Waals surface area contributed by atoms with Crippen molar-refractivity contribution in [2.24, 2.45) is 0 Å². The summed E-state index contributed by atoms with van der Waals surface area (Å²) >= 11 is 0. The molecule has 2 heteroatoms. The van der Waals surface area contributed by atoms with Crippen LogP contribution in [0.4, 0.5) is 34.1 Å². The van der Waals surface area contributed by atoms with E-state index in [1.54, 1.807) is 0 Å². The normalized spacial score (nSPS) is 11.6. The Bertz CT molecular complexity index is 3100. The summed E-state index contributed by atoms with van der Waals surface area (Å²) < 4.78 is 0. The second kappa shape index (κ2) is 17.1. The highest BCUT2D eigenvalue weighted by Gasteiger charge is 2.15. The Morgan fingerprint density at radius 1 is 0.188 bits per heavy atom. The van der Waals surface area contributed by atoms with Gasteiger partial charge in [-0.1, -0.05) is 194 Å². The molecule has 302 valence electrons. The summed E-state index contributed by atoms with van der Waals surface area (Å²) in [7, 11) is 0. The number of anilines is 6. The average molecular weight is 817 g/mol. The molecule has 0 aliphatic rings. The van der Waals surface area contributed by atoms with E-state index in [0.717, 1.165) is 56.4 Å². The molecule has 11 aromatic rings. The van der Waals surface area contributed by atoms with Crippen LogP contribution in [-0.2, 0) is 0 Å². The number of hydrogen-bond acceptors (Lipinski definition) is 2. The molecule has 64 heavy (non-hydrogen) atoms. The molecule has 0 unspecified atom stereocenters. The third-order valence-electron chi connectivity index (χ3n) is 12.1. The fourth-order valence-corrected chi connectivity index (χ4v) is 8.73. The molecule has 0 radical (unpaired) electrons. The van der Waals surface area contributed by atoms with Gasteiger partial charge in [0.15, 0.2) is 0 Å². The Morgan fingerprint density at radius 3 is 0.641 bits per heavy atom. The van der Waals surface area contributed by atoms with E-state index >= 15 is 0 Å². The van der Waals surface area contributed by atoms with Crippen molar-refractivity contribution in [1.29, 1.82) is 0 Å². The Balaban J connectivity index is 0.803. The molecule has 0 amide bonds. The minimum absolute atomic E-state index is 1.11. The highest BCUT2D eigenvalue weighted by atomic mass is 15.1. The van der Waals surface area contributed by atoms with Crippen LogP contribution in [0, 0.1) is 0 Å². The molecule has 0 fully saturated rings. The van der Waals surface area contributed by atoms with Crippen LogP contribution in [0.3, 0.4) is 0 Å². The standard InChI is InChI=1S/C62H44N2/c1-5-13-53-41-59(37-29-49(53)9-1)63(60-38-30-50-10-2-6-14-54(50)42-60)57-33-25-47(26-34-57)23-21-45-17-19-46(20-18-45)22-24-48-27-35-58(36-28-48)64(61-39-31-51-11-3-7-15-55(51)43-61)62-40-32-52-12-4-8-16-56(52)44-62/h1-44H. The number of fused-ring (bicyclic) bond motifs is 4. The summed E-state index contributed by atoms with van der Waals surface area (Å²) in [6, 6.07) is 87.4. The Kier molecular flexibility index (Phi) is 10.3. The van der Waals surface area contributed by atoms with Gasteiger partial charge in [0.1, 0.15) is 0 Å². The van der Waals surface area contributed by atoms with Gasteiger partial charge in [0, 0.05) is 34.1 Å². The lowest BCUT2D eigenvalue weighted by molar-refractivity contribution is 1.29.